The third-order valence-corrected chi connectivity index (χ3v) is 3.66. The number of likely N-dealkylation sites (N-methyl/N-ethyl adjacent to an activating group) is 1. The highest BCUT2D eigenvalue weighted by atomic mass is 16.5. The van der Waals surface area contributed by atoms with E-state index < -0.39 is 5.91 Å². The molecule has 0 aromatic heterocycles. The molecule has 2 amide bonds. The molecule has 1 unspecified atom stereocenters. The molecular weight excluding hydrogens is 246 g/mol. The molecule has 0 radical (unpaired) electrons. The lowest BCUT2D eigenvalue weighted by atomic mass is 10.2. The van der Waals surface area contributed by atoms with Crippen LogP contribution in [0.25, 0.3) is 0 Å². The van der Waals surface area contributed by atoms with Gasteiger partial charge in [-0.1, -0.05) is 0 Å². The van der Waals surface area contributed by atoms with E-state index in [1.165, 1.54) is 4.90 Å². The van der Waals surface area contributed by atoms with E-state index in [0.717, 1.165) is 39.0 Å². The van der Waals surface area contributed by atoms with Crippen molar-refractivity contribution in [1.29, 1.82) is 0 Å². The lowest BCUT2D eigenvalue weighted by Gasteiger charge is -2.24. The van der Waals surface area contributed by atoms with Crippen LogP contribution in [0.4, 0.5) is 0 Å². The molecule has 2 fully saturated rings. The number of nitrogens with one attached hydrogen (secondary N) is 1. The Morgan fingerprint density at radius 1 is 1.32 bits per heavy atom. The van der Waals surface area contributed by atoms with Gasteiger partial charge in [0.1, 0.15) is 0 Å². The Morgan fingerprint density at radius 3 is 2.89 bits per heavy atom. The lowest BCUT2D eigenvalue weighted by Crippen LogP contribution is -2.46. The van der Waals surface area contributed by atoms with Crippen molar-refractivity contribution in [1.82, 2.24) is 15.1 Å². The second kappa shape index (κ2) is 6.86. The molecule has 0 aliphatic carbocycles. The van der Waals surface area contributed by atoms with E-state index in [1.54, 1.807) is 11.9 Å². The van der Waals surface area contributed by atoms with Crippen molar-refractivity contribution in [2.45, 2.75) is 25.4 Å². The minimum atomic E-state index is -0.419. The highest BCUT2D eigenvalue weighted by Crippen LogP contribution is 2.13. The Hall–Kier alpha value is -1.14. The quantitative estimate of drug-likeness (QED) is 0.683. The summed E-state index contributed by atoms with van der Waals surface area (Å²) in [6.45, 7) is 4.21. The molecule has 6 heteroatoms. The topological polar surface area (TPSA) is 61.9 Å². The largest absolute Gasteiger partial charge is 0.376 e. The predicted octanol–water partition coefficient (Wildman–Crippen LogP) is -0.554. The van der Waals surface area contributed by atoms with Gasteiger partial charge < -0.3 is 19.9 Å². The van der Waals surface area contributed by atoms with E-state index in [2.05, 4.69) is 5.32 Å². The lowest BCUT2D eigenvalue weighted by molar-refractivity contribution is -0.151. The fourth-order valence-corrected chi connectivity index (χ4v) is 2.52. The van der Waals surface area contributed by atoms with E-state index in [-0.39, 0.29) is 12.0 Å². The van der Waals surface area contributed by atoms with Gasteiger partial charge in [0.2, 0.25) is 0 Å². The van der Waals surface area contributed by atoms with E-state index in [1.807, 2.05) is 0 Å². The number of carbonyl (C=O) groups is 2. The average molecular weight is 269 g/mol. The summed E-state index contributed by atoms with van der Waals surface area (Å²) in [7, 11) is 1.68. The van der Waals surface area contributed by atoms with E-state index in [0.29, 0.717) is 19.6 Å². The molecular formula is C13H23N3O3. The molecule has 6 nitrogen and oxygen atoms in total. The van der Waals surface area contributed by atoms with Gasteiger partial charge in [-0.15, -0.1) is 0 Å². The SMILES string of the molecule is CN(CC1CCCO1)C(=O)C(=O)N1CCCNCC1. The molecule has 19 heavy (non-hydrogen) atoms. The van der Waals surface area contributed by atoms with Gasteiger partial charge in [0.25, 0.3) is 0 Å². The molecule has 0 saturated carbocycles. The van der Waals surface area contributed by atoms with Crippen molar-refractivity contribution >= 4 is 11.8 Å². The molecule has 0 spiro atoms. The van der Waals surface area contributed by atoms with E-state index in [9.17, 15) is 9.59 Å². The van der Waals surface area contributed by atoms with Gasteiger partial charge in [-0.05, 0) is 25.8 Å². The van der Waals surface area contributed by atoms with Crippen LogP contribution in [0, 0.1) is 0 Å². The summed E-state index contributed by atoms with van der Waals surface area (Å²) in [6, 6.07) is 0. The Bertz CT molecular complexity index is 321. The van der Waals surface area contributed by atoms with Crippen LogP contribution in [-0.2, 0) is 14.3 Å². The minimum Gasteiger partial charge on any atom is -0.376 e. The number of hydrogen-bond acceptors (Lipinski definition) is 4. The van der Waals surface area contributed by atoms with Crippen molar-refractivity contribution in [3.63, 3.8) is 0 Å². The number of amides is 2. The standard InChI is InChI=1S/C13H23N3O3/c1-15(10-11-4-2-9-19-11)12(17)13(18)16-7-3-5-14-6-8-16/h11,14H,2-10H2,1H3. The second-order valence-electron chi connectivity index (χ2n) is 5.22. The van der Waals surface area contributed by atoms with Crippen LogP contribution in [-0.4, -0.2) is 74.1 Å². The maximum atomic E-state index is 12.1. The monoisotopic (exact) mass is 269 g/mol. The molecule has 2 heterocycles. The van der Waals surface area contributed by atoms with Crippen molar-refractivity contribution < 1.29 is 14.3 Å². The zero-order valence-corrected chi connectivity index (χ0v) is 11.6. The first-order valence-electron chi connectivity index (χ1n) is 7.05. The maximum absolute atomic E-state index is 12.1. The second-order valence-corrected chi connectivity index (χ2v) is 5.22. The van der Waals surface area contributed by atoms with Gasteiger partial charge in [0.05, 0.1) is 6.10 Å². The van der Waals surface area contributed by atoms with Gasteiger partial charge in [0, 0.05) is 39.8 Å². The highest BCUT2D eigenvalue weighted by molar-refractivity contribution is 6.34. The van der Waals surface area contributed by atoms with Crippen LogP contribution < -0.4 is 5.32 Å². The minimum absolute atomic E-state index is 0.0903. The van der Waals surface area contributed by atoms with Crippen molar-refractivity contribution in [2.75, 3.05) is 46.4 Å². The summed E-state index contributed by atoms with van der Waals surface area (Å²) >= 11 is 0. The molecule has 1 N–H and O–H groups in total. The number of hydrogen-bond donors (Lipinski definition) is 1. The molecule has 2 aliphatic rings. The first kappa shape index (κ1) is 14.3. The van der Waals surface area contributed by atoms with Crippen molar-refractivity contribution in [3.8, 4) is 0 Å². The van der Waals surface area contributed by atoms with Crippen LogP contribution in [0.3, 0.4) is 0 Å². The summed E-state index contributed by atoms with van der Waals surface area (Å²) in [5, 5.41) is 3.22. The van der Waals surface area contributed by atoms with Crippen molar-refractivity contribution in [3.05, 3.63) is 0 Å². The summed E-state index contributed by atoms with van der Waals surface area (Å²) in [5.74, 6) is -0.804. The first-order chi connectivity index (χ1) is 9.18. The predicted molar refractivity (Wildman–Crippen MR) is 70.7 cm³/mol. The van der Waals surface area contributed by atoms with Gasteiger partial charge >= 0.3 is 11.8 Å². The van der Waals surface area contributed by atoms with Crippen LogP contribution in [0.2, 0.25) is 0 Å². The Labute approximate surface area is 114 Å². The average Bonchev–Trinajstić information content (AvgIpc) is 2.77. The normalized spacial score (nSPS) is 24.1. The first-order valence-corrected chi connectivity index (χ1v) is 7.05. The van der Waals surface area contributed by atoms with Crippen molar-refractivity contribution in [2.24, 2.45) is 0 Å². The molecule has 0 aromatic carbocycles. The van der Waals surface area contributed by atoms with Crippen LogP contribution in [0.15, 0.2) is 0 Å². The summed E-state index contributed by atoms with van der Waals surface area (Å²) < 4.78 is 5.49. The third kappa shape index (κ3) is 3.91. The summed E-state index contributed by atoms with van der Waals surface area (Å²) in [6.07, 6.45) is 3.00. The van der Waals surface area contributed by atoms with E-state index >= 15 is 0 Å². The van der Waals surface area contributed by atoms with Crippen LogP contribution >= 0.6 is 0 Å². The molecule has 2 rings (SSSR count). The zero-order chi connectivity index (χ0) is 13.7. The number of carbonyl (C=O) groups excluding carboxylic acids is 2. The van der Waals surface area contributed by atoms with Gasteiger partial charge in [-0.3, -0.25) is 9.59 Å². The fourth-order valence-electron chi connectivity index (χ4n) is 2.52. The molecule has 0 bridgehead atoms. The van der Waals surface area contributed by atoms with Gasteiger partial charge in [-0.2, -0.15) is 0 Å². The van der Waals surface area contributed by atoms with Crippen LogP contribution in [0.1, 0.15) is 19.3 Å². The van der Waals surface area contributed by atoms with E-state index in [4.69, 9.17) is 4.74 Å². The smallest absolute Gasteiger partial charge is 0.312 e. The van der Waals surface area contributed by atoms with Gasteiger partial charge in [-0.25, -0.2) is 0 Å². The molecule has 108 valence electrons. The Kier molecular flexibility index (Phi) is 5.15. The van der Waals surface area contributed by atoms with Crippen LogP contribution in [0.5, 0.6) is 0 Å². The number of rotatable bonds is 2. The summed E-state index contributed by atoms with van der Waals surface area (Å²) in [4.78, 5) is 27.4. The highest BCUT2D eigenvalue weighted by Gasteiger charge is 2.27. The molecule has 2 saturated heterocycles. The number of ether oxygens (including phenoxy) is 1. The number of nitrogens with zero attached hydrogens (tertiary/aromatic N) is 2. The third-order valence-electron chi connectivity index (χ3n) is 3.66. The molecule has 2 aliphatic heterocycles. The fraction of sp³-hybridized carbons (Fsp3) is 0.846. The Balaban J connectivity index is 1.84. The summed E-state index contributed by atoms with van der Waals surface area (Å²) in [5.41, 5.74) is 0. The molecule has 1 atom stereocenters. The maximum Gasteiger partial charge on any atom is 0.312 e. The zero-order valence-electron chi connectivity index (χ0n) is 11.6. The Morgan fingerprint density at radius 2 is 2.16 bits per heavy atom. The van der Waals surface area contributed by atoms with Gasteiger partial charge in [0.15, 0.2) is 0 Å². The molecule has 0 aromatic rings.